The summed E-state index contributed by atoms with van der Waals surface area (Å²) in [6.07, 6.45) is -4.52. The lowest BCUT2D eigenvalue weighted by Gasteiger charge is -2.43. The number of phenolic OH excluding ortho intramolecular Hbond substituents is 1. The summed E-state index contributed by atoms with van der Waals surface area (Å²) in [5, 5.41) is 44.2. The molecule has 0 saturated carbocycles. The third-order valence-corrected chi connectivity index (χ3v) is 12.7. The number of carbonyl (C=O) groups excluding carboxylic acids is 8. The van der Waals surface area contributed by atoms with Crippen molar-refractivity contribution in [1.29, 1.82) is 0 Å². The number of phenols is 1. The fourth-order valence-electron chi connectivity index (χ4n) is 8.75. The van der Waals surface area contributed by atoms with Crippen LogP contribution < -0.4 is 31.3 Å². The number of hydrogen-bond acceptors (Lipinski definition) is 13. The first-order valence-electron chi connectivity index (χ1n) is 24.3. The van der Waals surface area contributed by atoms with Crippen molar-refractivity contribution >= 4 is 53.3 Å². The van der Waals surface area contributed by atoms with Gasteiger partial charge in [0.1, 0.15) is 66.1 Å². The van der Waals surface area contributed by atoms with Gasteiger partial charge < -0.3 is 61.2 Å². The summed E-state index contributed by atoms with van der Waals surface area (Å²) in [6.45, 7) is 6.49. The van der Waals surface area contributed by atoms with Gasteiger partial charge in [-0.05, 0) is 79.5 Å². The third kappa shape index (κ3) is 15.7. The van der Waals surface area contributed by atoms with Gasteiger partial charge in [0.15, 0.2) is 0 Å². The van der Waals surface area contributed by atoms with Crippen LogP contribution >= 0.6 is 0 Å². The van der Waals surface area contributed by atoms with E-state index < -0.39 is 114 Å². The molecule has 2 fully saturated rings. The van der Waals surface area contributed by atoms with Crippen LogP contribution in [0.2, 0.25) is 0 Å². The highest BCUT2D eigenvalue weighted by molar-refractivity contribution is 5.99. The molecule has 2 aliphatic heterocycles. The van der Waals surface area contributed by atoms with E-state index in [0.29, 0.717) is 28.9 Å². The largest absolute Gasteiger partial charge is 0.508 e. The summed E-state index contributed by atoms with van der Waals surface area (Å²) in [6, 6.07) is 10.3. The first-order chi connectivity index (χ1) is 34.7. The van der Waals surface area contributed by atoms with Crippen LogP contribution in [0.15, 0.2) is 78.9 Å². The molecule has 21 heteroatoms. The Morgan fingerprint density at radius 1 is 0.781 bits per heavy atom. The second kappa shape index (κ2) is 26.2. The number of fused-ring (bicyclic) bond motifs is 2. The van der Waals surface area contributed by atoms with Crippen LogP contribution in [-0.2, 0) is 67.2 Å². The molecule has 7 amide bonds. The molecule has 73 heavy (non-hydrogen) atoms. The number of carbonyl (C=O) groups is 9. The van der Waals surface area contributed by atoms with E-state index in [-0.39, 0.29) is 56.6 Å². The minimum Gasteiger partial charge on any atom is -0.508 e. The predicted octanol–water partition coefficient (Wildman–Crippen LogP) is 1.26. The number of nitrogens with zero attached hydrogens (tertiary/aromatic N) is 2. The first kappa shape index (κ1) is 56.4. The number of aliphatic carboxylic acids is 1. The molecule has 394 valence electrons. The molecule has 9 unspecified atom stereocenters. The monoisotopic (exact) mass is 1010 g/mol. The Morgan fingerprint density at radius 3 is 2.00 bits per heavy atom. The number of ether oxygens (including phenoxy) is 2. The molecule has 0 radical (unpaired) electrons. The molecular weight excluding hydrogens is 947 g/mol. The van der Waals surface area contributed by atoms with E-state index in [2.05, 4.69) is 26.6 Å². The number of amides is 7. The van der Waals surface area contributed by atoms with Crippen molar-refractivity contribution in [3.63, 3.8) is 0 Å². The van der Waals surface area contributed by atoms with Gasteiger partial charge in [-0.15, -0.1) is 0 Å². The molecule has 2 aliphatic rings. The Kier molecular flexibility index (Phi) is 20.3. The zero-order valence-corrected chi connectivity index (χ0v) is 41.9. The average molecular weight is 1010 g/mol. The Bertz CT molecular complexity index is 2440. The molecule has 0 aromatic heterocycles. The predicted molar refractivity (Wildman–Crippen MR) is 263 cm³/mol. The van der Waals surface area contributed by atoms with Gasteiger partial charge in [-0.1, -0.05) is 75.4 Å². The quantitative estimate of drug-likeness (QED) is 0.0938. The number of likely N-dealkylation sites (N-methyl/N-ethyl adjacent to an activating group) is 1. The number of aromatic hydroxyl groups is 1. The Hall–Kier alpha value is -7.55. The molecule has 0 aliphatic carbocycles. The number of piperidine rings is 1. The average Bonchev–Trinajstić information content (AvgIpc) is 3.34. The summed E-state index contributed by atoms with van der Waals surface area (Å²) in [5.41, 5.74) is 1.59. The third-order valence-electron chi connectivity index (χ3n) is 12.7. The van der Waals surface area contributed by atoms with Gasteiger partial charge in [-0.2, -0.15) is 0 Å². The number of carboxylic acid groups (broad SMARTS) is 1. The second-order valence-electron chi connectivity index (χ2n) is 18.8. The Morgan fingerprint density at radius 2 is 1.38 bits per heavy atom. The second-order valence-corrected chi connectivity index (χ2v) is 18.8. The lowest BCUT2D eigenvalue weighted by atomic mass is 9.95. The molecule has 3 aromatic rings. The van der Waals surface area contributed by atoms with Crippen molar-refractivity contribution in [2.45, 2.75) is 140 Å². The van der Waals surface area contributed by atoms with Crippen LogP contribution in [-0.4, -0.2) is 147 Å². The van der Waals surface area contributed by atoms with Crippen LogP contribution in [0.25, 0.3) is 0 Å². The van der Waals surface area contributed by atoms with E-state index in [9.17, 15) is 53.7 Å². The molecule has 5 rings (SSSR count). The van der Waals surface area contributed by atoms with Crippen LogP contribution in [0.5, 0.6) is 11.5 Å². The van der Waals surface area contributed by atoms with Gasteiger partial charge in [0.2, 0.25) is 41.4 Å². The normalized spacial score (nSPS) is 23.9. The van der Waals surface area contributed by atoms with Crippen molar-refractivity contribution in [2.75, 3.05) is 14.2 Å². The maximum atomic E-state index is 15.2. The number of aliphatic hydroxyl groups is 1. The molecule has 0 spiro atoms. The highest BCUT2D eigenvalue weighted by atomic mass is 16.5. The highest BCUT2D eigenvalue weighted by Crippen LogP contribution is 2.26. The van der Waals surface area contributed by atoms with Crippen LogP contribution in [0, 0.1) is 5.92 Å². The summed E-state index contributed by atoms with van der Waals surface area (Å²) >= 11 is 0. The number of hydrogen-bond donors (Lipinski definition) is 8. The van der Waals surface area contributed by atoms with E-state index in [0.717, 1.165) is 9.80 Å². The van der Waals surface area contributed by atoms with Crippen LogP contribution in [0.4, 0.5) is 0 Å². The number of methoxy groups -OCH3 is 1. The lowest BCUT2D eigenvalue weighted by Crippen LogP contribution is -2.65. The molecule has 2 heterocycles. The molecule has 8 N–H and O–H groups in total. The standard InChI is InChI=1S/C52H67N7O14/c1-7-11-42(61)53-38(28-44(63)64)47(66)57-45-30(4)73-52(71)39(24-29(2)3)56-48(67)40(26-33-16-20-35(72-6)21-17-33)58(5)51(70)41(27-31-12-9-8-10-13-31)59-43(62)23-22-36(50(59)69)54-46(65)37(55-49(45)68)25-32-14-18-34(60)19-15-32/h8-10,12-21,29-30,36-41,43,45,60,62H,7,11,22-28H2,1-6H3,(H,53,61)(H,54,65)(H,55,68)(H,56,67)(H,57,66)(H,63,64). The van der Waals surface area contributed by atoms with Crippen LogP contribution in [0.3, 0.4) is 0 Å². The number of aliphatic hydroxyl groups excluding tert-OH is 1. The van der Waals surface area contributed by atoms with E-state index >= 15 is 4.79 Å². The molecule has 2 bridgehead atoms. The molecule has 2 saturated heterocycles. The van der Waals surface area contributed by atoms with E-state index in [1.807, 2.05) is 0 Å². The number of benzene rings is 3. The van der Waals surface area contributed by atoms with E-state index in [4.69, 9.17) is 9.47 Å². The fraction of sp³-hybridized carbons (Fsp3) is 0.481. The van der Waals surface area contributed by atoms with Crippen molar-refractivity contribution in [1.82, 2.24) is 36.4 Å². The first-order valence-corrected chi connectivity index (χ1v) is 24.3. The summed E-state index contributed by atoms with van der Waals surface area (Å²) in [5.74, 6) is -8.65. The van der Waals surface area contributed by atoms with Crippen molar-refractivity contribution in [2.24, 2.45) is 5.92 Å². The van der Waals surface area contributed by atoms with E-state index in [1.165, 1.54) is 45.3 Å². The highest BCUT2D eigenvalue weighted by Gasteiger charge is 2.46. The Balaban J connectivity index is 1.66. The fourth-order valence-corrected chi connectivity index (χ4v) is 8.75. The number of nitrogens with one attached hydrogen (secondary N) is 5. The minimum atomic E-state index is -1.89. The lowest BCUT2D eigenvalue weighted by molar-refractivity contribution is -0.165. The van der Waals surface area contributed by atoms with Gasteiger partial charge in [-0.3, -0.25) is 38.4 Å². The smallest absolute Gasteiger partial charge is 0.328 e. The van der Waals surface area contributed by atoms with Crippen LogP contribution in [0.1, 0.15) is 82.9 Å². The van der Waals surface area contributed by atoms with E-state index in [1.54, 1.807) is 75.4 Å². The zero-order valence-electron chi connectivity index (χ0n) is 41.9. The molecule has 3 aromatic carbocycles. The zero-order chi connectivity index (χ0) is 53.5. The topological polar surface area (TPSA) is 299 Å². The maximum Gasteiger partial charge on any atom is 0.328 e. The number of esters is 1. The van der Waals surface area contributed by atoms with Gasteiger partial charge in [0.25, 0.3) is 0 Å². The van der Waals surface area contributed by atoms with Crippen molar-refractivity contribution in [3.8, 4) is 11.5 Å². The Labute approximate surface area is 423 Å². The van der Waals surface area contributed by atoms with Gasteiger partial charge in [0.05, 0.1) is 13.5 Å². The summed E-state index contributed by atoms with van der Waals surface area (Å²) in [4.78, 5) is 129. The van der Waals surface area contributed by atoms with Crippen molar-refractivity contribution in [3.05, 3.63) is 95.6 Å². The molecular formula is C52H67N7O14. The van der Waals surface area contributed by atoms with Crippen molar-refractivity contribution < 1.29 is 67.9 Å². The SMILES string of the molecule is CCCC(=O)NC(CC(=O)O)C(=O)NC1C(=O)NC(Cc2ccc(O)cc2)C(=O)NC2CCC(O)N(C2=O)C(Cc2ccccc2)C(=O)N(C)C(Cc2ccc(OC)cc2)C(=O)NC(CC(C)C)C(=O)OC1C. The maximum absolute atomic E-state index is 15.2. The van der Waals surface area contributed by atoms with Gasteiger partial charge in [0, 0.05) is 32.7 Å². The number of cyclic esters (lactones) is 1. The molecule has 9 atom stereocenters. The summed E-state index contributed by atoms with van der Waals surface area (Å²) < 4.78 is 11.2. The molecule has 21 nitrogen and oxygen atoms in total. The number of carboxylic acids is 1. The summed E-state index contributed by atoms with van der Waals surface area (Å²) in [7, 11) is 2.86. The number of rotatable bonds is 16. The van der Waals surface area contributed by atoms with Gasteiger partial charge in [-0.25, -0.2) is 4.79 Å². The minimum absolute atomic E-state index is 0.0288. The van der Waals surface area contributed by atoms with Gasteiger partial charge >= 0.3 is 11.9 Å².